The average Bonchev–Trinajstić information content (AvgIpc) is 2.56. The van der Waals surface area contributed by atoms with Crippen molar-refractivity contribution in [1.82, 2.24) is 4.90 Å². The number of nitrogens with one attached hydrogen (secondary N) is 1. The van der Waals surface area contributed by atoms with E-state index in [1.165, 1.54) is 4.90 Å². The Morgan fingerprint density at radius 2 is 2.22 bits per heavy atom. The zero-order chi connectivity index (χ0) is 13.9. The van der Waals surface area contributed by atoms with Gasteiger partial charge in [0.2, 0.25) is 5.91 Å². The van der Waals surface area contributed by atoms with Crippen LogP contribution in [0, 0.1) is 5.41 Å². The summed E-state index contributed by atoms with van der Waals surface area (Å²) < 4.78 is 0. The lowest BCUT2D eigenvalue weighted by Gasteiger charge is -2.15. The van der Waals surface area contributed by atoms with Crippen LogP contribution in [0.1, 0.15) is 13.3 Å². The number of hydrogen-bond donors (Lipinski definition) is 3. The second kappa shape index (κ2) is 5.68. The van der Waals surface area contributed by atoms with Crippen LogP contribution in [0.5, 0.6) is 0 Å². The van der Waals surface area contributed by atoms with Gasteiger partial charge in [0.1, 0.15) is 11.0 Å². The Morgan fingerprint density at radius 1 is 1.61 bits per heavy atom. The summed E-state index contributed by atoms with van der Waals surface area (Å²) in [5, 5.41) is 7.79. The van der Waals surface area contributed by atoms with Crippen molar-refractivity contribution >= 4 is 29.1 Å². The minimum Gasteiger partial charge on any atom is -0.401 e. The molecule has 0 unspecified atom stereocenters. The van der Waals surface area contributed by atoms with Gasteiger partial charge in [-0.3, -0.25) is 20.1 Å². The molecule has 6 nitrogen and oxygen atoms in total. The van der Waals surface area contributed by atoms with E-state index < -0.39 is 0 Å². The second-order valence-electron chi connectivity index (χ2n) is 3.92. The van der Waals surface area contributed by atoms with E-state index in [-0.39, 0.29) is 29.9 Å². The molecule has 1 aliphatic heterocycles. The van der Waals surface area contributed by atoms with Crippen molar-refractivity contribution in [2.24, 2.45) is 16.5 Å². The summed E-state index contributed by atoms with van der Waals surface area (Å²) in [6.45, 7) is 1.93. The van der Waals surface area contributed by atoms with Crippen LogP contribution in [-0.4, -0.2) is 35.9 Å². The van der Waals surface area contributed by atoms with Gasteiger partial charge in [0, 0.05) is 24.0 Å². The van der Waals surface area contributed by atoms with E-state index in [4.69, 9.17) is 28.5 Å². The maximum absolute atomic E-state index is 11.7. The van der Waals surface area contributed by atoms with E-state index in [9.17, 15) is 4.79 Å². The SMILES string of the molecule is CN=C(C)C=C(N)CN1C(=N)/C(=C(\N)Cl)CC1=O. The molecule has 0 saturated carbocycles. The molecule has 98 valence electrons. The van der Waals surface area contributed by atoms with Crippen molar-refractivity contribution in [3.8, 4) is 0 Å². The molecule has 0 aliphatic carbocycles. The lowest BCUT2D eigenvalue weighted by molar-refractivity contribution is -0.125. The van der Waals surface area contributed by atoms with Gasteiger partial charge < -0.3 is 11.5 Å². The first kappa shape index (κ1) is 14.2. The van der Waals surface area contributed by atoms with Crippen LogP contribution in [0.2, 0.25) is 0 Å². The molecule has 1 aliphatic rings. The molecule has 5 N–H and O–H groups in total. The number of allylic oxidation sites excluding steroid dienone is 1. The molecule has 1 fully saturated rings. The van der Waals surface area contributed by atoms with Gasteiger partial charge in [-0.2, -0.15) is 0 Å². The number of likely N-dealkylation sites (tertiary alicyclic amines) is 1. The van der Waals surface area contributed by atoms with E-state index in [1.54, 1.807) is 20.0 Å². The number of carbonyl (C=O) groups is 1. The molecule has 1 rings (SSSR count). The summed E-state index contributed by atoms with van der Waals surface area (Å²) in [6.07, 6.45) is 1.70. The number of amidine groups is 1. The molecule has 0 radical (unpaired) electrons. The maximum atomic E-state index is 11.7. The van der Waals surface area contributed by atoms with E-state index in [0.717, 1.165) is 5.71 Å². The standard InChI is InChI=1S/C11H16ClN5O/c1-6(16-2)3-7(13)5-17-9(18)4-8(10(12)14)11(17)15/h3,15H,4-5,13-14H2,1-2H3/b7-3?,10-8-,15-11?,16-6?. The fourth-order valence-electron chi connectivity index (χ4n) is 1.54. The quantitative estimate of drug-likeness (QED) is 0.514. The van der Waals surface area contributed by atoms with E-state index in [2.05, 4.69) is 4.99 Å². The van der Waals surface area contributed by atoms with Crippen molar-refractivity contribution in [3.63, 3.8) is 0 Å². The summed E-state index contributed by atoms with van der Waals surface area (Å²) in [5.41, 5.74) is 12.7. The predicted octanol–water partition coefficient (Wildman–Crippen LogP) is 0.538. The third-order valence-corrected chi connectivity index (χ3v) is 2.79. The van der Waals surface area contributed by atoms with Crippen LogP contribution in [0.25, 0.3) is 0 Å². The Kier molecular flexibility index (Phi) is 4.49. The zero-order valence-electron chi connectivity index (χ0n) is 10.3. The van der Waals surface area contributed by atoms with Crippen LogP contribution >= 0.6 is 11.6 Å². The molecule has 0 bridgehead atoms. The summed E-state index contributed by atoms with van der Waals surface area (Å²) in [5.74, 6) is -0.226. The Morgan fingerprint density at radius 3 is 2.67 bits per heavy atom. The molecule has 7 heteroatoms. The fourth-order valence-corrected chi connectivity index (χ4v) is 1.70. The largest absolute Gasteiger partial charge is 0.401 e. The molecule has 0 atom stereocenters. The maximum Gasteiger partial charge on any atom is 0.233 e. The Hall–Kier alpha value is -1.82. The highest BCUT2D eigenvalue weighted by Gasteiger charge is 2.32. The van der Waals surface area contributed by atoms with E-state index >= 15 is 0 Å². The molecule has 1 heterocycles. The van der Waals surface area contributed by atoms with Crippen LogP contribution in [0.15, 0.2) is 27.5 Å². The first-order valence-corrected chi connectivity index (χ1v) is 5.67. The van der Waals surface area contributed by atoms with Gasteiger partial charge in [-0.25, -0.2) is 0 Å². The first-order chi connectivity index (χ1) is 8.36. The number of rotatable bonds is 3. The monoisotopic (exact) mass is 269 g/mol. The third-order valence-electron chi connectivity index (χ3n) is 2.56. The third kappa shape index (κ3) is 3.10. The highest BCUT2D eigenvalue weighted by Crippen LogP contribution is 2.22. The second-order valence-corrected chi connectivity index (χ2v) is 4.32. The van der Waals surface area contributed by atoms with Crippen LogP contribution in [-0.2, 0) is 4.79 Å². The minimum atomic E-state index is -0.235. The number of carbonyl (C=O) groups excluding carboxylic acids is 1. The summed E-state index contributed by atoms with van der Waals surface area (Å²) in [6, 6.07) is 0. The average molecular weight is 270 g/mol. The smallest absolute Gasteiger partial charge is 0.233 e. The molecule has 0 spiro atoms. The van der Waals surface area contributed by atoms with Crippen molar-refractivity contribution in [2.45, 2.75) is 13.3 Å². The van der Waals surface area contributed by atoms with Crippen LogP contribution in [0.3, 0.4) is 0 Å². The number of halogens is 1. The molecule has 1 amide bonds. The highest BCUT2D eigenvalue weighted by atomic mass is 35.5. The molecule has 18 heavy (non-hydrogen) atoms. The van der Waals surface area contributed by atoms with Gasteiger partial charge in [-0.05, 0) is 13.0 Å². The number of nitrogens with two attached hydrogens (primary N) is 2. The van der Waals surface area contributed by atoms with Gasteiger partial charge in [-0.15, -0.1) is 0 Å². The van der Waals surface area contributed by atoms with Gasteiger partial charge in [-0.1, -0.05) is 11.6 Å². The first-order valence-electron chi connectivity index (χ1n) is 5.29. The molecule has 0 aromatic rings. The van der Waals surface area contributed by atoms with Gasteiger partial charge in [0.15, 0.2) is 0 Å². The van der Waals surface area contributed by atoms with Crippen LogP contribution in [0.4, 0.5) is 0 Å². The molecular formula is C11H16ClN5O. The number of amides is 1. The van der Waals surface area contributed by atoms with Crippen molar-refractivity contribution in [2.75, 3.05) is 13.6 Å². The number of nitrogens with zero attached hydrogens (tertiary/aromatic N) is 2. The summed E-state index contributed by atoms with van der Waals surface area (Å²) >= 11 is 5.63. The summed E-state index contributed by atoms with van der Waals surface area (Å²) in [7, 11) is 1.65. The van der Waals surface area contributed by atoms with Crippen LogP contribution < -0.4 is 11.5 Å². The molecule has 0 aromatic heterocycles. The van der Waals surface area contributed by atoms with Gasteiger partial charge in [0.05, 0.1) is 13.0 Å². The molecule has 0 aromatic carbocycles. The lowest BCUT2D eigenvalue weighted by Crippen LogP contribution is -2.33. The lowest BCUT2D eigenvalue weighted by atomic mass is 10.2. The van der Waals surface area contributed by atoms with Gasteiger partial charge in [0.25, 0.3) is 0 Å². The van der Waals surface area contributed by atoms with Crippen molar-refractivity contribution < 1.29 is 4.79 Å². The Bertz CT molecular complexity index is 474. The highest BCUT2D eigenvalue weighted by molar-refractivity contribution is 6.33. The Balaban J connectivity index is 2.87. The number of aliphatic imine (C=N–C) groups is 1. The van der Waals surface area contributed by atoms with Gasteiger partial charge >= 0.3 is 0 Å². The van der Waals surface area contributed by atoms with E-state index in [1.807, 2.05) is 0 Å². The number of hydrogen-bond acceptors (Lipinski definition) is 5. The van der Waals surface area contributed by atoms with Crippen molar-refractivity contribution in [3.05, 3.63) is 22.5 Å². The van der Waals surface area contributed by atoms with E-state index in [0.29, 0.717) is 11.3 Å². The zero-order valence-corrected chi connectivity index (χ0v) is 11.1. The molecular weight excluding hydrogens is 254 g/mol. The minimum absolute atomic E-state index is 0.00920. The normalized spacial score (nSPS) is 20.7. The fraction of sp³-hybridized carbons (Fsp3) is 0.364. The van der Waals surface area contributed by atoms with Crippen molar-refractivity contribution in [1.29, 1.82) is 5.41 Å². The predicted molar refractivity (Wildman–Crippen MR) is 72.4 cm³/mol. The summed E-state index contributed by atoms with van der Waals surface area (Å²) in [4.78, 5) is 16.9. The molecule has 1 saturated heterocycles. The Labute approximate surface area is 110 Å². The topological polar surface area (TPSA) is 109 Å².